The maximum Gasteiger partial charge on any atom is 0.225 e. The molecule has 5 nitrogen and oxygen atoms in total. The fraction of sp³-hybridized carbons (Fsp3) is 0.286. The maximum absolute atomic E-state index is 6.11. The molecule has 0 aliphatic heterocycles. The molecular weight excluding hydrogens is 358 g/mol. The number of rotatable bonds is 4. The first-order valence-electron chi connectivity index (χ1n) is 6.28. The largest absolute Gasteiger partial charge is 0.450 e. The van der Waals surface area contributed by atoms with Crippen molar-refractivity contribution in [2.45, 2.75) is 5.33 Å². The smallest absolute Gasteiger partial charge is 0.225 e. The number of nitrogens with zero attached hydrogens (tertiary/aromatic N) is 3. The van der Waals surface area contributed by atoms with Crippen LogP contribution in [0.25, 0.3) is 21.8 Å². The van der Waals surface area contributed by atoms with Crippen LogP contribution in [0.15, 0.2) is 18.2 Å². The standard InChI is InChI=1S/C14H13BrClN3O2/c1-19-13-12(11(6-15)18-19)9-4-3-8(16)5-10(9)14(17-13)21-7-20-2/h3-5H,6-7H2,1-2H3. The van der Waals surface area contributed by atoms with Crippen LogP contribution in [0.4, 0.5) is 0 Å². The van der Waals surface area contributed by atoms with Gasteiger partial charge in [-0.1, -0.05) is 33.6 Å². The van der Waals surface area contributed by atoms with Crippen LogP contribution in [0.3, 0.4) is 0 Å². The normalized spacial score (nSPS) is 11.4. The van der Waals surface area contributed by atoms with Crippen LogP contribution in [0.2, 0.25) is 5.02 Å². The van der Waals surface area contributed by atoms with Gasteiger partial charge in [0.25, 0.3) is 0 Å². The van der Waals surface area contributed by atoms with Gasteiger partial charge in [0.05, 0.1) is 11.1 Å². The zero-order valence-corrected chi connectivity index (χ0v) is 13.9. The lowest BCUT2D eigenvalue weighted by Gasteiger charge is -2.09. The monoisotopic (exact) mass is 369 g/mol. The molecule has 110 valence electrons. The molecule has 21 heavy (non-hydrogen) atoms. The molecule has 7 heteroatoms. The minimum atomic E-state index is 0.128. The summed E-state index contributed by atoms with van der Waals surface area (Å²) in [5.74, 6) is 0.492. The zero-order chi connectivity index (χ0) is 15.0. The summed E-state index contributed by atoms with van der Waals surface area (Å²) in [6.07, 6.45) is 0. The molecule has 0 unspecified atom stereocenters. The van der Waals surface area contributed by atoms with Gasteiger partial charge in [0.1, 0.15) is 0 Å². The molecule has 0 radical (unpaired) electrons. The van der Waals surface area contributed by atoms with Gasteiger partial charge in [-0.15, -0.1) is 0 Å². The molecule has 1 aromatic carbocycles. The summed E-state index contributed by atoms with van der Waals surface area (Å²) in [5, 5.41) is 8.65. The van der Waals surface area contributed by atoms with E-state index >= 15 is 0 Å². The minimum absolute atomic E-state index is 0.128. The fourth-order valence-electron chi connectivity index (χ4n) is 2.36. The number of ether oxygens (including phenoxy) is 2. The second kappa shape index (κ2) is 5.79. The Hall–Kier alpha value is -1.37. The van der Waals surface area contributed by atoms with Gasteiger partial charge in [-0.2, -0.15) is 10.1 Å². The molecule has 0 fully saturated rings. The van der Waals surface area contributed by atoms with E-state index in [0.29, 0.717) is 16.2 Å². The average Bonchev–Trinajstić information content (AvgIpc) is 2.81. The Bertz CT molecular complexity index is 819. The number of alkyl halides is 1. The van der Waals surface area contributed by atoms with E-state index in [9.17, 15) is 0 Å². The molecule has 3 rings (SSSR count). The Balaban J connectivity index is 2.39. The molecule has 3 aromatic rings. The van der Waals surface area contributed by atoms with E-state index in [1.807, 2.05) is 25.2 Å². The Kier molecular flexibility index (Phi) is 4.01. The second-order valence-electron chi connectivity index (χ2n) is 4.56. The van der Waals surface area contributed by atoms with Crippen molar-refractivity contribution in [2.24, 2.45) is 7.05 Å². The first-order chi connectivity index (χ1) is 10.2. The van der Waals surface area contributed by atoms with Gasteiger partial charge in [0.15, 0.2) is 12.4 Å². The lowest BCUT2D eigenvalue weighted by Crippen LogP contribution is -2.02. The topological polar surface area (TPSA) is 49.2 Å². The number of hydrogen-bond acceptors (Lipinski definition) is 4. The molecule has 0 atom stereocenters. The van der Waals surface area contributed by atoms with Crippen molar-refractivity contribution in [2.75, 3.05) is 13.9 Å². The minimum Gasteiger partial charge on any atom is -0.450 e. The molecule has 0 bridgehead atoms. The number of fused-ring (bicyclic) bond motifs is 3. The van der Waals surface area contributed by atoms with Crippen molar-refractivity contribution in [1.82, 2.24) is 14.8 Å². The highest BCUT2D eigenvalue weighted by Crippen LogP contribution is 2.34. The Labute approximate surface area is 134 Å². The van der Waals surface area contributed by atoms with E-state index in [1.165, 1.54) is 0 Å². The Morgan fingerprint density at radius 1 is 1.33 bits per heavy atom. The van der Waals surface area contributed by atoms with E-state index in [0.717, 1.165) is 27.5 Å². The molecule has 0 amide bonds. The van der Waals surface area contributed by atoms with Crippen LogP contribution < -0.4 is 4.74 Å². The third kappa shape index (κ3) is 2.47. The molecule has 0 aliphatic carbocycles. The van der Waals surface area contributed by atoms with Crippen LogP contribution in [0.5, 0.6) is 5.88 Å². The Morgan fingerprint density at radius 3 is 2.86 bits per heavy atom. The van der Waals surface area contributed by atoms with Crippen LogP contribution in [-0.2, 0) is 17.1 Å². The maximum atomic E-state index is 6.11. The SMILES string of the molecule is COCOc1nc2c(c(CBr)nn2C)c2ccc(Cl)cc12. The van der Waals surface area contributed by atoms with Crippen molar-refractivity contribution in [3.8, 4) is 5.88 Å². The molecule has 2 aromatic heterocycles. The van der Waals surface area contributed by atoms with E-state index in [2.05, 4.69) is 26.0 Å². The molecule has 0 spiro atoms. The lowest BCUT2D eigenvalue weighted by molar-refractivity contribution is 0.0492. The second-order valence-corrected chi connectivity index (χ2v) is 5.56. The number of hydrogen-bond donors (Lipinski definition) is 0. The fourth-order valence-corrected chi connectivity index (χ4v) is 2.92. The van der Waals surface area contributed by atoms with E-state index in [-0.39, 0.29) is 6.79 Å². The molecular formula is C14H13BrClN3O2. The van der Waals surface area contributed by atoms with E-state index in [1.54, 1.807) is 11.8 Å². The summed E-state index contributed by atoms with van der Waals surface area (Å²) in [6.45, 7) is 0.128. The summed E-state index contributed by atoms with van der Waals surface area (Å²) in [7, 11) is 3.43. The number of methoxy groups -OCH3 is 1. The first-order valence-corrected chi connectivity index (χ1v) is 7.78. The lowest BCUT2D eigenvalue weighted by atomic mass is 10.1. The van der Waals surface area contributed by atoms with Gasteiger partial charge < -0.3 is 9.47 Å². The molecule has 0 N–H and O–H groups in total. The number of aryl methyl sites for hydroxylation is 1. The predicted molar refractivity (Wildman–Crippen MR) is 86.2 cm³/mol. The van der Waals surface area contributed by atoms with Crippen LogP contribution in [-0.4, -0.2) is 28.7 Å². The summed E-state index contributed by atoms with van der Waals surface area (Å²) in [6, 6.07) is 5.67. The van der Waals surface area contributed by atoms with Crippen molar-refractivity contribution in [3.05, 3.63) is 28.9 Å². The predicted octanol–water partition coefficient (Wildman–Crippen LogP) is 3.65. The molecule has 0 saturated heterocycles. The van der Waals surface area contributed by atoms with Crippen molar-refractivity contribution in [1.29, 1.82) is 0 Å². The van der Waals surface area contributed by atoms with Gasteiger partial charge in [-0.25, -0.2) is 0 Å². The van der Waals surface area contributed by atoms with Gasteiger partial charge >= 0.3 is 0 Å². The van der Waals surface area contributed by atoms with Gasteiger partial charge in [0, 0.05) is 35.3 Å². The Morgan fingerprint density at radius 2 is 2.14 bits per heavy atom. The molecule has 0 saturated carbocycles. The van der Waals surface area contributed by atoms with Gasteiger partial charge in [0.2, 0.25) is 5.88 Å². The van der Waals surface area contributed by atoms with Crippen molar-refractivity contribution in [3.63, 3.8) is 0 Å². The quantitative estimate of drug-likeness (QED) is 0.519. The summed E-state index contributed by atoms with van der Waals surface area (Å²) >= 11 is 9.58. The van der Waals surface area contributed by atoms with Crippen molar-refractivity contribution < 1.29 is 9.47 Å². The van der Waals surface area contributed by atoms with Crippen molar-refractivity contribution >= 4 is 49.3 Å². The van der Waals surface area contributed by atoms with Gasteiger partial charge in [-0.3, -0.25) is 4.68 Å². The number of pyridine rings is 1. The average molecular weight is 371 g/mol. The van der Waals surface area contributed by atoms with E-state index in [4.69, 9.17) is 21.1 Å². The molecule has 2 heterocycles. The van der Waals surface area contributed by atoms with Crippen LogP contribution in [0.1, 0.15) is 5.69 Å². The van der Waals surface area contributed by atoms with Crippen LogP contribution >= 0.6 is 27.5 Å². The third-order valence-electron chi connectivity index (χ3n) is 3.22. The van der Waals surface area contributed by atoms with Crippen LogP contribution in [0, 0.1) is 0 Å². The van der Waals surface area contributed by atoms with Gasteiger partial charge in [-0.05, 0) is 12.1 Å². The highest BCUT2D eigenvalue weighted by atomic mass is 79.9. The highest BCUT2D eigenvalue weighted by molar-refractivity contribution is 9.08. The summed E-state index contributed by atoms with van der Waals surface area (Å²) in [5.41, 5.74) is 1.70. The van der Waals surface area contributed by atoms with E-state index < -0.39 is 0 Å². The number of halogens is 2. The number of benzene rings is 1. The third-order valence-corrected chi connectivity index (χ3v) is 3.98. The highest BCUT2D eigenvalue weighted by Gasteiger charge is 2.17. The zero-order valence-electron chi connectivity index (χ0n) is 11.6. The number of aromatic nitrogens is 3. The molecule has 0 aliphatic rings. The summed E-state index contributed by atoms with van der Waals surface area (Å²) < 4.78 is 12.3. The first kappa shape index (κ1) is 14.6. The summed E-state index contributed by atoms with van der Waals surface area (Å²) in [4.78, 5) is 4.57.